The summed E-state index contributed by atoms with van der Waals surface area (Å²) < 4.78 is 0. The molecule has 2 aliphatic carbocycles. The molecule has 0 aromatic rings. The monoisotopic (exact) mass is 166 g/mol. The maximum atomic E-state index is 11.4. The van der Waals surface area contributed by atoms with Crippen molar-refractivity contribution >= 4 is 5.78 Å². The molecule has 2 fully saturated rings. The van der Waals surface area contributed by atoms with Crippen molar-refractivity contribution in [1.82, 2.24) is 0 Å². The van der Waals surface area contributed by atoms with Crippen LogP contribution in [0, 0.1) is 17.8 Å². The molecule has 68 valence electrons. The van der Waals surface area contributed by atoms with E-state index in [1.165, 1.54) is 32.1 Å². The van der Waals surface area contributed by atoms with Gasteiger partial charge in [0.1, 0.15) is 5.78 Å². The molecule has 0 N–H and O–H groups in total. The Hall–Kier alpha value is -0.330. The molecular weight excluding hydrogens is 148 g/mol. The third-order valence-corrected chi connectivity index (χ3v) is 3.74. The van der Waals surface area contributed by atoms with E-state index in [0.717, 1.165) is 18.3 Å². The lowest BCUT2D eigenvalue weighted by atomic mass is 9.92. The Morgan fingerprint density at radius 2 is 2.25 bits per heavy atom. The molecule has 2 rings (SSSR count). The normalized spacial score (nSPS) is 39.4. The molecular formula is C11H18O. The Morgan fingerprint density at radius 1 is 1.42 bits per heavy atom. The fourth-order valence-electron chi connectivity index (χ4n) is 3.09. The second kappa shape index (κ2) is 3.20. The van der Waals surface area contributed by atoms with E-state index in [0.29, 0.717) is 11.7 Å². The Morgan fingerprint density at radius 3 is 2.75 bits per heavy atom. The zero-order valence-corrected chi connectivity index (χ0v) is 7.88. The van der Waals surface area contributed by atoms with Gasteiger partial charge in [-0.3, -0.25) is 4.79 Å². The average molecular weight is 166 g/mol. The van der Waals surface area contributed by atoms with Gasteiger partial charge in [0.25, 0.3) is 0 Å². The quantitative estimate of drug-likeness (QED) is 0.630. The van der Waals surface area contributed by atoms with Crippen LogP contribution in [0.4, 0.5) is 0 Å². The van der Waals surface area contributed by atoms with Gasteiger partial charge in [0.15, 0.2) is 0 Å². The SMILES string of the molecule is CCCC[C@H]1[C@@H]2CC[C@H]1C(=O)C2. The number of rotatable bonds is 3. The molecule has 1 heteroatoms. The Bertz CT molecular complexity index is 185. The number of carbonyl (C=O) groups excluding carboxylic acids is 1. The van der Waals surface area contributed by atoms with Crippen LogP contribution >= 0.6 is 0 Å². The first-order valence-corrected chi connectivity index (χ1v) is 5.35. The Labute approximate surface area is 74.5 Å². The predicted octanol–water partition coefficient (Wildman–Crippen LogP) is 2.79. The van der Waals surface area contributed by atoms with E-state index in [1.807, 2.05) is 0 Å². The highest BCUT2D eigenvalue weighted by Gasteiger charge is 2.46. The van der Waals surface area contributed by atoms with Crippen LogP contribution in [0.5, 0.6) is 0 Å². The van der Waals surface area contributed by atoms with Crippen LogP contribution in [-0.4, -0.2) is 5.78 Å². The molecule has 0 aliphatic heterocycles. The molecule has 0 unspecified atom stereocenters. The molecule has 0 spiro atoms. The largest absolute Gasteiger partial charge is 0.299 e. The summed E-state index contributed by atoms with van der Waals surface area (Å²) >= 11 is 0. The first-order valence-electron chi connectivity index (χ1n) is 5.35. The topological polar surface area (TPSA) is 17.1 Å². The minimum atomic E-state index is 0.488. The second-order valence-electron chi connectivity index (χ2n) is 4.42. The van der Waals surface area contributed by atoms with Gasteiger partial charge < -0.3 is 0 Å². The van der Waals surface area contributed by atoms with E-state index in [1.54, 1.807) is 0 Å². The van der Waals surface area contributed by atoms with Crippen molar-refractivity contribution in [2.24, 2.45) is 17.8 Å². The fourth-order valence-corrected chi connectivity index (χ4v) is 3.09. The molecule has 0 amide bonds. The van der Waals surface area contributed by atoms with Gasteiger partial charge in [-0.25, -0.2) is 0 Å². The van der Waals surface area contributed by atoms with Crippen molar-refractivity contribution in [3.63, 3.8) is 0 Å². The highest BCUT2D eigenvalue weighted by atomic mass is 16.1. The maximum absolute atomic E-state index is 11.4. The molecule has 0 aromatic heterocycles. The van der Waals surface area contributed by atoms with E-state index in [2.05, 4.69) is 6.92 Å². The van der Waals surface area contributed by atoms with Crippen LogP contribution in [0.15, 0.2) is 0 Å². The van der Waals surface area contributed by atoms with Crippen LogP contribution < -0.4 is 0 Å². The van der Waals surface area contributed by atoms with Gasteiger partial charge in [0.05, 0.1) is 0 Å². The molecule has 2 saturated carbocycles. The van der Waals surface area contributed by atoms with Crippen molar-refractivity contribution in [2.75, 3.05) is 0 Å². The van der Waals surface area contributed by atoms with Crippen molar-refractivity contribution in [2.45, 2.75) is 45.4 Å². The molecule has 0 radical (unpaired) electrons. The average Bonchev–Trinajstić information content (AvgIpc) is 2.56. The van der Waals surface area contributed by atoms with Gasteiger partial charge in [0.2, 0.25) is 0 Å². The Kier molecular flexibility index (Phi) is 2.20. The smallest absolute Gasteiger partial charge is 0.136 e. The standard InChI is InChI=1S/C11H18O/c1-2-3-4-9-8-5-6-10(9)11(12)7-8/h8-10H,2-7H2,1H3/t8-,9+,10-/m1/s1. The minimum absolute atomic E-state index is 0.488. The van der Waals surface area contributed by atoms with Crippen LogP contribution in [-0.2, 0) is 4.79 Å². The van der Waals surface area contributed by atoms with E-state index >= 15 is 0 Å². The second-order valence-corrected chi connectivity index (χ2v) is 4.42. The zero-order valence-electron chi connectivity index (χ0n) is 7.88. The van der Waals surface area contributed by atoms with Gasteiger partial charge in [0, 0.05) is 12.3 Å². The molecule has 0 aromatic carbocycles. The molecule has 2 bridgehead atoms. The number of hydrogen-bond donors (Lipinski definition) is 0. The first kappa shape index (κ1) is 8.28. The minimum Gasteiger partial charge on any atom is -0.299 e. The lowest BCUT2D eigenvalue weighted by molar-refractivity contribution is -0.122. The van der Waals surface area contributed by atoms with E-state index < -0.39 is 0 Å². The van der Waals surface area contributed by atoms with Gasteiger partial charge >= 0.3 is 0 Å². The van der Waals surface area contributed by atoms with Crippen LogP contribution in [0.3, 0.4) is 0 Å². The third kappa shape index (κ3) is 1.19. The number of unbranched alkanes of at least 4 members (excludes halogenated alkanes) is 1. The first-order chi connectivity index (χ1) is 5.83. The lowest BCUT2D eigenvalue weighted by Gasteiger charge is -2.12. The molecule has 12 heavy (non-hydrogen) atoms. The zero-order chi connectivity index (χ0) is 8.55. The maximum Gasteiger partial charge on any atom is 0.136 e. The number of carbonyl (C=O) groups is 1. The van der Waals surface area contributed by atoms with Crippen LogP contribution in [0.2, 0.25) is 0 Å². The lowest BCUT2D eigenvalue weighted by Crippen LogP contribution is -2.11. The van der Waals surface area contributed by atoms with Crippen molar-refractivity contribution in [3.8, 4) is 0 Å². The van der Waals surface area contributed by atoms with Gasteiger partial charge in [-0.15, -0.1) is 0 Å². The summed E-state index contributed by atoms with van der Waals surface area (Å²) in [4.78, 5) is 11.4. The van der Waals surface area contributed by atoms with E-state index in [9.17, 15) is 4.79 Å². The number of ketones is 1. The van der Waals surface area contributed by atoms with E-state index in [-0.39, 0.29) is 0 Å². The van der Waals surface area contributed by atoms with Gasteiger partial charge in [-0.05, 0) is 31.1 Å². The van der Waals surface area contributed by atoms with Gasteiger partial charge in [-0.2, -0.15) is 0 Å². The summed E-state index contributed by atoms with van der Waals surface area (Å²) in [5.74, 6) is 2.64. The molecule has 0 saturated heterocycles. The summed E-state index contributed by atoms with van der Waals surface area (Å²) in [5, 5.41) is 0. The van der Waals surface area contributed by atoms with Crippen molar-refractivity contribution < 1.29 is 4.79 Å². The summed E-state index contributed by atoms with van der Waals surface area (Å²) in [6, 6.07) is 0. The third-order valence-electron chi connectivity index (χ3n) is 3.74. The Balaban J connectivity index is 1.94. The molecule has 3 atom stereocenters. The molecule has 0 heterocycles. The van der Waals surface area contributed by atoms with Crippen molar-refractivity contribution in [3.05, 3.63) is 0 Å². The highest BCUT2D eigenvalue weighted by molar-refractivity contribution is 5.84. The summed E-state index contributed by atoms with van der Waals surface area (Å²) in [7, 11) is 0. The molecule has 2 aliphatic rings. The molecule has 1 nitrogen and oxygen atoms in total. The number of fused-ring (bicyclic) bond motifs is 2. The summed E-state index contributed by atoms with van der Waals surface area (Å²) in [5.41, 5.74) is 0. The number of hydrogen-bond acceptors (Lipinski definition) is 1. The van der Waals surface area contributed by atoms with Crippen LogP contribution in [0.1, 0.15) is 45.4 Å². The fraction of sp³-hybridized carbons (Fsp3) is 0.909. The predicted molar refractivity (Wildman–Crippen MR) is 48.9 cm³/mol. The van der Waals surface area contributed by atoms with Crippen molar-refractivity contribution in [1.29, 1.82) is 0 Å². The summed E-state index contributed by atoms with van der Waals surface area (Å²) in [6.07, 6.45) is 7.38. The number of Topliss-reactive ketones (excluding diaryl/α,β-unsaturated/α-hetero) is 1. The highest BCUT2D eigenvalue weighted by Crippen LogP contribution is 2.49. The summed E-state index contributed by atoms with van der Waals surface area (Å²) in [6.45, 7) is 2.23. The van der Waals surface area contributed by atoms with Crippen LogP contribution in [0.25, 0.3) is 0 Å². The van der Waals surface area contributed by atoms with E-state index in [4.69, 9.17) is 0 Å². The van der Waals surface area contributed by atoms with Gasteiger partial charge in [-0.1, -0.05) is 19.8 Å².